The lowest BCUT2D eigenvalue weighted by atomic mass is 9.99. The predicted octanol–water partition coefficient (Wildman–Crippen LogP) is 2.66. The molecule has 0 aliphatic carbocycles. The highest BCUT2D eigenvalue weighted by molar-refractivity contribution is 5.85. The van der Waals surface area contributed by atoms with Crippen molar-refractivity contribution in [3.8, 4) is 0 Å². The molecular formula is C17H20F3NO4. The average molecular weight is 359 g/mol. The van der Waals surface area contributed by atoms with Crippen LogP contribution in [0.1, 0.15) is 18.1 Å². The molecule has 138 valence electrons. The Kier molecular flexibility index (Phi) is 7.63. The molecule has 1 aromatic rings. The third-order valence-electron chi connectivity index (χ3n) is 3.41. The van der Waals surface area contributed by atoms with E-state index < -0.39 is 35.6 Å². The summed E-state index contributed by atoms with van der Waals surface area (Å²) in [4.78, 5) is 23.2. The van der Waals surface area contributed by atoms with Gasteiger partial charge in [-0.15, -0.1) is 6.58 Å². The lowest BCUT2D eigenvalue weighted by Crippen LogP contribution is -2.46. The molecule has 2 atom stereocenters. The first-order valence-corrected chi connectivity index (χ1v) is 7.53. The zero-order valence-electron chi connectivity index (χ0n) is 13.7. The van der Waals surface area contributed by atoms with Gasteiger partial charge in [0.25, 0.3) is 0 Å². The van der Waals surface area contributed by atoms with Crippen LogP contribution in [0.4, 0.5) is 13.2 Å². The van der Waals surface area contributed by atoms with Crippen LogP contribution in [0, 0.1) is 5.92 Å². The van der Waals surface area contributed by atoms with E-state index in [9.17, 15) is 22.8 Å². The molecule has 2 unspecified atom stereocenters. The molecule has 0 saturated heterocycles. The highest BCUT2D eigenvalue weighted by atomic mass is 19.4. The standard InChI is InChI=1S/C17H20F3NO4/c1-3-8-25-10-14(16(23)24)21-15(22)11(2)9-12-4-6-13(7-5-12)17(18,19)20/h3-7,11,14H,1,8-10H2,2H3,(H,21,22)(H,23,24). The fourth-order valence-electron chi connectivity index (χ4n) is 2.03. The first-order chi connectivity index (χ1) is 11.6. The summed E-state index contributed by atoms with van der Waals surface area (Å²) in [6, 6.07) is 3.29. The van der Waals surface area contributed by atoms with Crippen LogP contribution in [-0.4, -0.2) is 36.2 Å². The number of aliphatic carboxylic acids is 1. The van der Waals surface area contributed by atoms with Gasteiger partial charge in [0.2, 0.25) is 5.91 Å². The molecule has 1 amide bonds. The van der Waals surface area contributed by atoms with Gasteiger partial charge >= 0.3 is 12.1 Å². The molecule has 25 heavy (non-hydrogen) atoms. The number of carboxylic acids is 1. The molecule has 0 aliphatic heterocycles. The topological polar surface area (TPSA) is 75.6 Å². The Balaban J connectivity index is 2.63. The van der Waals surface area contributed by atoms with Crippen LogP contribution in [0.5, 0.6) is 0 Å². The SMILES string of the molecule is C=CCOCC(NC(=O)C(C)Cc1ccc(C(F)(F)F)cc1)C(=O)O. The van der Waals surface area contributed by atoms with E-state index in [0.29, 0.717) is 5.56 Å². The number of halogens is 3. The second-order valence-electron chi connectivity index (χ2n) is 5.53. The molecule has 0 radical (unpaired) electrons. The van der Waals surface area contributed by atoms with Crippen molar-refractivity contribution in [1.82, 2.24) is 5.32 Å². The van der Waals surface area contributed by atoms with Gasteiger partial charge in [-0.25, -0.2) is 4.79 Å². The van der Waals surface area contributed by atoms with Gasteiger partial charge in [0, 0.05) is 5.92 Å². The number of hydrogen-bond donors (Lipinski definition) is 2. The third kappa shape index (κ3) is 6.96. The van der Waals surface area contributed by atoms with Gasteiger partial charge in [-0.05, 0) is 24.1 Å². The highest BCUT2D eigenvalue weighted by Gasteiger charge is 2.30. The largest absolute Gasteiger partial charge is 0.480 e. The summed E-state index contributed by atoms with van der Waals surface area (Å²) in [7, 11) is 0. The monoisotopic (exact) mass is 359 g/mol. The van der Waals surface area contributed by atoms with Gasteiger partial charge in [-0.1, -0.05) is 25.1 Å². The van der Waals surface area contributed by atoms with E-state index in [2.05, 4.69) is 11.9 Å². The predicted molar refractivity (Wildman–Crippen MR) is 84.9 cm³/mol. The Morgan fingerprint density at radius 2 is 1.92 bits per heavy atom. The number of rotatable bonds is 9. The number of carbonyl (C=O) groups is 2. The van der Waals surface area contributed by atoms with Crippen LogP contribution in [0.3, 0.4) is 0 Å². The normalized spacial score (nSPS) is 13.8. The number of amides is 1. The summed E-state index contributed by atoms with van der Waals surface area (Å²) in [6.07, 6.45) is -2.78. The van der Waals surface area contributed by atoms with Crippen LogP contribution >= 0.6 is 0 Å². The van der Waals surface area contributed by atoms with Crippen molar-refractivity contribution in [2.75, 3.05) is 13.2 Å². The van der Waals surface area contributed by atoms with E-state index in [1.807, 2.05) is 0 Å². The minimum atomic E-state index is -4.42. The van der Waals surface area contributed by atoms with Gasteiger partial charge in [0.1, 0.15) is 0 Å². The van der Waals surface area contributed by atoms with E-state index in [1.165, 1.54) is 18.2 Å². The van der Waals surface area contributed by atoms with Gasteiger partial charge in [0.15, 0.2) is 6.04 Å². The summed E-state index contributed by atoms with van der Waals surface area (Å²) in [5, 5.41) is 11.4. The number of hydrogen-bond acceptors (Lipinski definition) is 3. The minimum absolute atomic E-state index is 0.154. The van der Waals surface area contributed by atoms with Gasteiger partial charge in [0.05, 0.1) is 18.8 Å². The summed E-state index contributed by atoms with van der Waals surface area (Å²) in [6.45, 7) is 4.94. The van der Waals surface area contributed by atoms with Crippen LogP contribution in [0.2, 0.25) is 0 Å². The number of carbonyl (C=O) groups excluding carboxylic acids is 1. The highest BCUT2D eigenvalue weighted by Crippen LogP contribution is 2.29. The van der Waals surface area contributed by atoms with Crippen molar-refractivity contribution in [1.29, 1.82) is 0 Å². The minimum Gasteiger partial charge on any atom is -0.480 e. The molecule has 1 aromatic carbocycles. The smallest absolute Gasteiger partial charge is 0.416 e. The molecule has 8 heteroatoms. The maximum atomic E-state index is 12.5. The van der Waals surface area contributed by atoms with Crippen LogP contribution < -0.4 is 5.32 Å². The van der Waals surface area contributed by atoms with E-state index >= 15 is 0 Å². The molecule has 0 heterocycles. The molecule has 0 aromatic heterocycles. The van der Waals surface area contributed by atoms with E-state index in [4.69, 9.17) is 9.84 Å². The zero-order chi connectivity index (χ0) is 19.0. The third-order valence-corrected chi connectivity index (χ3v) is 3.41. The number of alkyl halides is 3. The quantitative estimate of drug-likeness (QED) is 0.525. The Labute approximate surface area is 143 Å². The maximum Gasteiger partial charge on any atom is 0.416 e. The Hall–Kier alpha value is -2.35. The first kappa shape index (κ1) is 20.7. The second-order valence-corrected chi connectivity index (χ2v) is 5.53. The molecule has 1 rings (SSSR count). The van der Waals surface area contributed by atoms with Crippen molar-refractivity contribution < 1.29 is 32.6 Å². The van der Waals surface area contributed by atoms with Crippen molar-refractivity contribution in [3.63, 3.8) is 0 Å². The van der Waals surface area contributed by atoms with Gasteiger partial charge in [-0.3, -0.25) is 4.79 Å². The van der Waals surface area contributed by atoms with Crippen LogP contribution in [0.25, 0.3) is 0 Å². The van der Waals surface area contributed by atoms with Crippen molar-refractivity contribution >= 4 is 11.9 Å². The number of benzene rings is 1. The number of ether oxygens (including phenoxy) is 1. The van der Waals surface area contributed by atoms with Gasteiger partial charge in [-0.2, -0.15) is 13.2 Å². The lowest BCUT2D eigenvalue weighted by molar-refractivity contribution is -0.144. The lowest BCUT2D eigenvalue weighted by Gasteiger charge is -2.18. The van der Waals surface area contributed by atoms with Crippen LogP contribution in [-0.2, 0) is 26.9 Å². The molecule has 0 bridgehead atoms. The van der Waals surface area contributed by atoms with Gasteiger partial charge < -0.3 is 15.2 Å². The fourth-order valence-corrected chi connectivity index (χ4v) is 2.03. The van der Waals surface area contributed by atoms with Crippen molar-refractivity contribution in [3.05, 3.63) is 48.0 Å². The van der Waals surface area contributed by atoms with Crippen molar-refractivity contribution in [2.24, 2.45) is 5.92 Å². The van der Waals surface area contributed by atoms with Crippen molar-refractivity contribution in [2.45, 2.75) is 25.6 Å². The molecule has 5 nitrogen and oxygen atoms in total. The van der Waals surface area contributed by atoms with Crippen LogP contribution in [0.15, 0.2) is 36.9 Å². The Morgan fingerprint density at radius 1 is 1.32 bits per heavy atom. The second kappa shape index (κ2) is 9.22. The number of carboxylic acid groups (broad SMARTS) is 1. The van der Waals surface area contributed by atoms with E-state index in [-0.39, 0.29) is 19.6 Å². The maximum absolute atomic E-state index is 12.5. The Morgan fingerprint density at radius 3 is 2.40 bits per heavy atom. The summed E-state index contributed by atoms with van der Waals surface area (Å²) in [5.74, 6) is -2.37. The summed E-state index contributed by atoms with van der Waals surface area (Å²) >= 11 is 0. The van der Waals surface area contributed by atoms with E-state index in [1.54, 1.807) is 6.92 Å². The molecule has 0 aliphatic rings. The molecule has 0 spiro atoms. The molecule has 2 N–H and O–H groups in total. The average Bonchev–Trinajstić information content (AvgIpc) is 2.53. The summed E-state index contributed by atoms with van der Waals surface area (Å²) in [5.41, 5.74) is -0.218. The first-order valence-electron chi connectivity index (χ1n) is 7.53. The molecular weight excluding hydrogens is 339 g/mol. The number of nitrogens with one attached hydrogen (secondary N) is 1. The molecule has 0 fully saturated rings. The summed E-state index contributed by atoms with van der Waals surface area (Å²) < 4.78 is 42.6. The fraction of sp³-hybridized carbons (Fsp3) is 0.412. The zero-order valence-corrected chi connectivity index (χ0v) is 13.7. The Bertz CT molecular complexity index is 599. The molecule has 0 saturated carbocycles. The van der Waals surface area contributed by atoms with E-state index in [0.717, 1.165) is 12.1 Å².